The molecular weight excluding hydrogens is 363 g/mol. The largest absolute Gasteiger partial charge is 0.493 e. The molecule has 0 unspecified atom stereocenters. The highest BCUT2D eigenvalue weighted by Crippen LogP contribution is 2.17. The first-order chi connectivity index (χ1) is 14.0. The molecule has 0 saturated heterocycles. The van der Waals surface area contributed by atoms with Crippen LogP contribution in [-0.4, -0.2) is 12.4 Å². The van der Waals surface area contributed by atoms with Crippen LogP contribution in [0.4, 0.5) is 4.39 Å². The van der Waals surface area contributed by atoms with Crippen LogP contribution in [0.25, 0.3) is 11.6 Å². The predicted octanol–water partition coefficient (Wildman–Crippen LogP) is 6.38. The van der Waals surface area contributed by atoms with Gasteiger partial charge in [0, 0.05) is 12.0 Å². The van der Waals surface area contributed by atoms with Gasteiger partial charge >= 0.3 is 0 Å². The molecule has 0 heterocycles. The zero-order chi connectivity index (χ0) is 20.6. The number of ketones is 1. The molecule has 0 fully saturated rings. The lowest BCUT2D eigenvalue weighted by atomic mass is 10.1. The lowest BCUT2D eigenvalue weighted by Gasteiger charge is -2.07. The van der Waals surface area contributed by atoms with Crippen molar-refractivity contribution >= 4 is 17.4 Å². The average molecular weight is 386 g/mol. The number of ether oxygens (including phenoxy) is 1. The van der Waals surface area contributed by atoms with E-state index in [1.807, 2.05) is 55.5 Å². The third-order valence-electron chi connectivity index (χ3n) is 4.54. The number of allylic oxidation sites excluding steroid dienone is 2. The molecule has 0 radical (unpaired) electrons. The van der Waals surface area contributed by atoms with Crippen LogP contribution in [0.2, 0.25) is 0 Å². The highest BCUT2D eigenvalue weighted by atomic mass is 19.1. The normalized spacial score (nSPS) is 10.8. The Labute approximate surface area is 171 Å². The van der Waals surface area contributed by atoms with Crippen LogP contribution in [0, 0.1) is 5.82 Å². The monoisotopic (exact) mass is 386 g/mol. The first-order valence-electron chi connectivity index (χ1n) is 9.47. The molecule has 3 aromatic rings. The predicted molar refractivity (Wildman–Crippen MR) is 117 cm³/mol. The van der Waals surface area contributed by atoms with Crippen LogP contribution < -0.4 is 4.74 Å². The zero-order valence-corrected chi connectivity index (χ0v) is 16.4. The van der Waals surface area contributed by atoms with Gasteiger partial charge in [-0.25, -0.2) is 4.39 Å². The summed E-state index contributed by atoms with van der Waals surface area (Å²) in [6, 6.07) is 21.4. The van der Waals surface area contributed by atoms with Crippen LogP contribution >= 0.6 is 0 Å². The Hall–Kier alpha value is -3.46. The number of rotatable bonds is 8. The van der Waals surface area contributed by atoms with Gasteiger partial charge in [0.2, 0.25) is 0 Å². The van der Waals surface area contributed by atoms with Crippen molar-refractivity contribution in [3.8, 4) is 5.75 Å². The lowest BCUT2D eigenvalue weighted by Crippen LogP contribution is -2.01. The van der Waals surface area contributed by atoms with Gasteiger partial charge in [0.15, 0.2) is 5.78 Å². The lowest BCUT2D eigenvalue weighted by molar-refractivity contribution is 0.104. The molecule has 0 aromatic heterocycles. The smallest absolute Gasteiger partial charge is 0.185 e. The molecule has 146 valence electrons. The summed E-state index contributed by atoms with van der Waals surface area (Å²) in [5.41, 5.74) is 4.70. The Morgan fingerprint density at radius 3 is 2.17 bits per heavy atom. The number of halogens is 1. The van der Waals surface area contributed by atoms with Gasteiger partial charge in [-0.05, 0) is 66.1 Å². The van der Waals surface area contributed by atoms with Crippen molar-refractivity contribution in [2.45, 2.75) is 13.3 Å². The van der Waals surface area contributed by atoms with E-state index in [1.54, 1.807) is 6.08 Å². The van der Waals surface area contributed by atoms with Crippen molar-refractivity contribution in [1.82, 2.24) is 0 Å². The first-order valence-corrected chi connectivity index (χ1v) is 9.47. The van der Waals surface area contributed by atoms with Crippen molar-refractivity contribution in [1.29, 1.82) is 0 Å². The summed E-state index contributed by atoms with van der Waals surface area (Å²) in [6.07, 6.45) is 4.05. The van der Waals surface area contributed by atoms with Crippen LogP contribution in [0.5, 0.6) is 5.75 Å². The molecule has 0 saturated carbocycles. The second kappa shape index (κ2) is 9.65. The molecule has 0 N–H and O–H groups in total. The summed E-state index contributed by atoms with van der Waals surface area (Å²) in [5.74, 6) is 0.336. The topological polar surface area (TPSA) is 26.3 Å². The summed E-state index contributed by atoms with van der Waals surface area (Å²) < 4.78 is 18.7. The Morgan fingerprint density at radius 2 is 1.55 bits per heavy atom. The van der Waals surface area contributed by atoms with E-state index in [2.05, 4.69) is 6.58 Å². The minimum atomic E-state index is -0.353. The van der Waals surface area contributed by atoms with Gasteiger partial charge in [0.25, 0.3) is 0 Å². The fourth-order valence-electron chi connectivity index (χ4n) is 2.80. The maximum absolute atomic E-state index is 12.9. The number of carbonyl (C=O) groups is 1. The molecule has 0 aliphatic carbocycles. The minimum Gasteiger partial charge on any atom is -0.493 e. The van der Waals surface area contributed by atoms with E-state index in [0.717, 1.165) is 34.4 Å². The molecule has 3 rings (SSSR count). The highest BCUT2D eigenvalue weighted by molar-refractivity contribution is 6.06. The van der Waals surface area contributed by atoms with Crippen molar-refractivity contribution in [2.24, 2.45) is 0 Å². The molecule has 3 aromatic carbocycles. The van der Waals surface area contributed by atoms with Crippen LogP contribution in [0.15, 0.2) is 85.5 Å². The Kier molecular flexibility index (Phi) is 6.75. The van der Waals surface area contributed by atoms with E-state index < -0.39 is 0 Å². The SMILES string of the molecule is C=C(C)c1ccc(OCCc2ccc(/C=C/C(=O)c3ccc(F)cc3)cc2)cc1. The molecule has 0 amide bonds. The van der Waals surface area contributed by atoms with Crippen molar-refractivity contribution in [2.75, 3.05) is 6.61 Å². The molecule has 0 spiro atoms. The van der Waals surface area contributed by atoms with Gasteiger partial charge in [-0.1, -0.05) is 54.6 Å². The fourth-order valence-corrected chi connectivity index (χ4v) is 2.80. The zero-order valence-electron chi connectivity index (χ0n) is 16.4. The van der Waals surface area contributed by atoms with Crippen LogP contribution in [-0.2, 0) is 6.42 Å². The molecule has 0 atom stereocenters. The van der Waals surface area contributed by atoms with E-state index in [9.17, 15) is 9.18 Å². The molecule has 0 aliphatic rings. The molecule has 0 bridgehead atoms. The van der Waals surface area contributed by atoms with Crippen LogP contribution in [0.3, 0.4) is 0 Å². The first kappa shape index (κ1) is 20.3. The summed E-state index contributed by atoms with van der Waals surface area (Å²) in [4.78, 5) is 12.1. The third-order valence-corrected chi connectivity index (χ3v) is 4.54. The number of hydrogen-bond donors (Lipinski definition) is 0. The number of carbonyl (C=O) groups excluding carboxylic acids is 1. The Morgan fingerprint density at radius 1 is 0.931 bits per heavy atom. The maximum Gasteiger partial charge on any atom is 0.185 e. The minimum absolute atomic E-state index is 0.153. The van der Waals surface area contributed by atoms with Gasteiger partial charge in [-0.15, -0.1) is 0 Å². The fraction of sp³-hybridized carbons (Fsp3) is 0.115. The van der Waals surface area contributed by atoms with Crippen molar-refractivity contribution in [3.05, 3.63) is 114 Å². The summed E-state index contributed by atoms with van der Waals surface area (Å²) >= 11 is 0. The molecule has 2 nitrogen and oxygen atoms in total. The Balaban J connectivity index is 1.50. The molecule has 0 aliphatic heterocycles. The van der Waals surface area contributed by atoms with Crippen molar-refractivity contribution < 1.29 is 13.9 Å². The highest BCUT2D eigenvalue weighted by Gasteiger charge is 2.02. The van der Waals surface area contributed by atoms with Crippen molar-refractivity contribution in [3.63, 3.8) is 0 Å². The van der Waals surface area contributed by atoms with Gasteiger partial charge < -0.3 is 4.74 Å². The summed E-state index contributed by atoms with van der Waals surface area (Å²) in [7, 11) is 0. The average Bonchev–Trinajstić information content (AvgIpc) is 2.74. The van der Waals surface area contributed by atoms with Gasteiger partial charge in [-0.2, -0.15) is 0 Å². The number of benzene rings is 3. The van der Waals surface area contributed by atoms with E-state index in [-0.39, 0.29) is 11.6 Å². The second-order valence-electron chi connectivity index (χ2n) is 6.85. The second-order valence-corrected chi connectivity index (χ2v) is 6.85. The summed E-state index contributed by atoms with van der Waals surface area (Å²) in [5, 5.41) is 0. The van der Waals surface area contributed by atoms with E-state index in [0.29, 0.717) is 12.2 Å². The molecular formula is C26H23FO2. The van der Waals surface area contributed by atoms with E-state index >= 15 is 0 Å². The van der Waals surface area contributed by atoms with Crippen LogP contribution in [0.1, 0.15) is 34.0 Å². The quantitative estimate of drug-likeness (QED) is 0.332. The van der Waals surface area contributed by atoms with Gasteiger partial charge in [0.05, 0.1) is 6.61 Å². The van der Waals surface area contributed by atoms with E-state index in [1.165, 1.54) is 30.3 Å². The maximum atomic E-state index is 12.9. The standard InChI is InChI=1S/C26H23FO2/c1-19(2)22-10-14-25(15-11-22)29-18-17-21-5-3-20(4-6-21)7-16-26(28)23-8-12-24(27)13-9-23/h3-16H,1,17-18H2,2H3/b16-7+. The van der Waals surface area contributed by atoms with E-state index in [4.69, 9.17) is 4.74 Å². The van der Waals surface area contributed by atoms with Gasteiger partial charge in [-0.3, -0.25) is 4.79 Å². The molecule has 29 heavy (non-hydrogen) atoms. The van der Waals surface area contributed by atoms with Gasteiger partial charge in [0.1, 0.15) is 11.6 Å². The summed E-state index contributed by atoms with van der Waals surface area (Å²) in [6.45, 7) is 6.49. The third kappa shape index (κ3) is 6.01. The number of hydrogen-bond acceptors (Lipinski definition) is 2. The Bertz CT molecular complexity index is 998. The molecule has 3 heteroatoms.